The number of nitrogen functional groups attached to an aromatic ring is 1. The highest BCUT2D eigenvalue weighted by Gasteiger charge is 2.51. The van der Waals surface area contributed by atoms with Crippen molar-refractivity contribution < 1.29 is 0 Å². The molecular formula is C16H19Cl2N. The zero-order valence-electron chi connectivity index (χ0n) is 11.0. The first kappa shape index (κ1) is 12.3. The van der Waals surface area contributed by atoms with E-state index in [-0.39, 0.29) is 0 Å². The number of benzene rings is 1. The molecule has 0 aliphatic heterocycles. The fourth-order valence-corrected chi connectivity index (χ4v) is 5.84. The van der Waals surface area contributed by atoms with Crippen LogP contribution in [0.25, 0.3) is 0 Å². The highest BCUT2D eigenvalue weighted by Crippen LogP contribution is 2.61. The van der Waals surface area contributed by atoms with Gasteiger partial charge in [0.2, 0.25) is 0 Å². The summed E-state index contributed by atoms with van der Waals surface area (Å²) in [4.78, 5) is 0. The minimum atomic E-state index is 0.343. The van der Waals surface area contributed by atoms with Gasteiger partial charge < -0.3 is 5.73 Å². The average Bonchev–Trinajstić information content (AvgIpc) is 2.33. The van der Waals surface area contributed by atoms with Gasteiger partial charge in [-0.15, -0.1) is 0 Å². The van der Waals surface area contributed by atoms with Gasteiger partial charge in [-0.2, -0.15) is 0 Å². The molecule has 0 radical (unpaired) electrons. The smallest absolute Gasteiger partial charge is 0.0693 e. The molecule has 0 spiro atoms. The zero-order valence-corrected chi connectivity index (χ0v) is 12.5. The van der Waals surface area contributed by atoms with Gasteiger partial charge in [0.15, 0.2) is 0 Å². The first-order chi connectivity index (χ1) is 9.06. The topological polar surface area (TPSA) is 26.0 Å². The van der Waals surface area contributed by atoms with Gasteiger partial charge in [0.05, 0.1) is 15.7 Å². The van der Waals surface area contributed by atoms with Gasteiger partial charge in [-0.1, -0.05) is 23.2 Å². The molecule has 1 nitrogen and oxygen atoms in total. The van der Waals surface area contributed by atoms with Crippen molar-refractivity contribution in [3.05, 3.63) is 27.7 Å². The van der Waals surface area contributed by atoms with Crippen LogP contribution in [0.3, 0.4) is 0 Å². The van der Waals surface area contributed by atoms with E-state index in [2.05, 4.69) is 12.1 Å². The Morgan fingerprint density at radius 3 is 1.74 bits per heavy atom. The highest BCUT2D eigenvalue weighted by molar-refractivity contribution is 6.38. The van der Waals surface area contributed by atoms with E-state index in [0.29, 0.717) is 21.1 Å². The largest absolute Gasteiger partial charge is 0.396 e. The molecule has 0 unspecified atom stereocenters. The van der Waals surface area contributed by atoms with E-state index in [9.17, 15) is 0 Å². The third kappa shape index (κ3) is 1.81. The van der Waals surface area contributed by atoms with Crippen LogP contribution in [-0.2, 0) is 5.41 Å². The fourth-order valence-electron chi connectivity index (χ4n) is 5.35. The highest BCUT2D eigenvalue weighted by atomic mass is 35.5. The third-order valence-electron chi connectivity index (χ3n) is 5.73. The van der Waals surface area contributed by atoms with Crippen LogP contribution in [0.1, 0.15) is 44.1 Å². The Kier molecular flexibility index (Phi) is 2.63. The van der Waals surface area contributed by atoms with Gasteiger partial charge in [0.25, 0.3) is 0 Å². The molecule has 0 saturated heterocycles. The minimum absolute atomic E-state index is 0.343. The first-order valence-electron chi connectivity index (χ1n) is 7.31. The molecule has 4 fully saturated rings. The van der Waals surface area contributed by atoms with Crippen LogP contribution in [-0.4, -0.2) is 0 Å². The van der Waals surface area contributed by atoms with E-state index in [0.717, 1.165) is 17.8 Å². The van der Waals surface area contributed by atoms with Gasteiger partial charge in [-0.05, 0) is 79.4 Å². The summed E-state index contributed by atoms with van der Waals surface area (Å²) < 4.78 is 0. The summed E-state index contributed by atoms with van der Waals surface area (Å²) in [6.07, 6.45) is 8.35. The molecule has 19 heavy (non-hydrogen) atoms. The number of anilines is 1. The second-order valence-corrected chi connectivity index (χ2v) is 7.87. The molecular weight excluding hydrogens is 277 g/mol. The van der Waals surface area contributed by atoms with E-state index < -0.39 is 0 Å². The maximum absolute atomic E-state index is 6.25. The van der Waals surface area contributed by atoms with Crippen molar-refractivity contribution >= 4 is 28.9 Å². The summed E-state index contributed by atoms with van der Waals surface area (Å²) in [6, 6.07) is 4.16. The van der Waals surface area contributed by atoms with E-state index in [1.807, 2.05) is 0 Å². The van der Waals surface area contributed by atoms with E-state index in [4.69, 9.17) is 28.9 Å². The van der Waals surface area contributed by atoms with E-state index >= 15 is 0 Å². The summed E-state index contributed by atoms with van der Waals surface area (Å²) in [5, 5.41) is 1.25. The number of nitrogens with two attached hydrogens (primary N) is 1. The standard InChI is InChI=1S/C16H19Cl2N/c17-13-4-12(5-14(18)15(13)19)16-6-9-1-10(7-16)3-11(2-9)8-16/h4-5,9-11H,1-3,6-8,19H2. The number of hydrogen-bond acceptors (Lipinski definition) is 1. The monoisotopic (exact) mass is 295 g/mol. The lowest BCUT2D eigenvalue weighted by Gasteiger charge is -2.57. The van der Waals surface area contributed by atoms with Crippen molar-refractivity contribution in [3.8, 4) is 0 Å². The van der Waals surface area contributed by atoms with Crippen molar-refractivity contribution in [2.45, 2.75) is 43.9 Å². The summed E-state index contributed by atoms with van der Waals surface area (Å²) in [5.74, 6) is 2.80. The number of halogens is 2. The van der Waals surface area contributed by atoms with Crippen LogP contribution in [0.15, 0.2) is 12.1 Å². The lowest BCUT2D eigenvalue weighted by molar-refractivity contribution is -0.00517. The molecule has 0 aromatic heterocycles. The Bertz CT molecular complexity index is 479. The van der Waals surface area contributed by atoms with Gasteiger partial charge >= 0.3 is 0 Å². The van der Waals surface area contributed by atoms with Crippen LogP contribution < -0.4 is 5.73 Å². The normalized spacial score (nSPS) is 39.8. The Balaban J connectivity index is 1.79. The predicted octanol–water partition coefficient (Wildman–Crippen LogP) is 5.04. The maximum atomic E-state index is 6.25. The van der Waals surface area contributed by atoms with Gasteiger partial charge in [-0.25, -0.2) is 0 Å². The summed E-state index contributed by atoms with van der Waals surface area (Å²) >= 11 is 12.5. The molecule has 5 rings (SSSR count). The first-order valence-corrected chi connectivity index (χ1v) is 8.06. The zero-order chi connectivity index (χ0) is 13.2. The van der Waals surface area contributed by atoms with Crippen molar-refractivity contribution in [1.29, 1.82) is 0 Å². The average molecular weight is 296 g/mol. The Hall–Kier alpha value is -0.400. The molecule has 1 aromatic rings. The molecule has 4 saturated carbocycles. The molecule has 0 heterocycles. The van der Waals surface area contributed by atoms with Crippen LogP contribution in [0, 0.1) is 17.8 Å². The summed E-state index contributed by atoms with van der Waals surface area (Å²) in [6.45, 7) is 0. The lowest BCUT2D eigenvalue weighted by Crippen LogP contribution is -2.48. The van der Waals surface area contributed by atoms with E-state index in [1.165, 1.54) is 44.1 Å². The molecule has 3 heteroatoms. The van der Waals surface area contributed by atoms with Crippen LogP contribution in [0.5, 0.6) is 0 Å². The van der Waals surface area contributed by atoms with Crippen molar-refractivity contribution in [2.75, 3.05) is 5.73 Å². The quantitative estimate of drug-likeness (QED) is 0.722. The molecule has 1 aromatic carbocycles. The Labute approximate surface area is 124 Å². The third-order valence-corrected chi connectivity index (χ3v) is 6.36. The summed E-state index contributed by atoms with van der Waals surface area (Å²) in [5.41, 5.74) is 8.09. The second-order valence-electron chi connectivity index (χ2n) is 7.05. The molecule has 0 atom stereocenters. The van der Waals surface area contributed by atoms with Crippen LogP contribution in [0.2, 0.25) is 10.0 Å². The number of rotatable bonds is 1. The van der Waals surface area contributed by atoms with Crippen LogP contribution in [0.4, 0.5) is 5.69 Å². The van der Waals surface area contributed by atoms with Crippen LogP contribution >= 0.6 is 23.2 Å². The second kappa shape index (κ2) is 4.05. The van der Waals surface area contributed by atoms with Crippen molar-refractivity contribution in [3.63, 3.8) is 0 Å². The Morgan fingerprint density at radius 1 is 0.895 bits per heavy atom. The SMILES string of the molecule is Nc1c(Cl)cc(C23CC4CC(CC(C4)C2)C3)cc1Cl. The van der Waals surface area contributed by atoms with Gasteiger partial charge in [0, 0.05) is 0 Å². The van der Waals surface area contributed by atoms with E-state index in [1.54, 1.807) is 0 Å². The summed E-state index contributed by atoms with van der Waals surface area (Å²) in [7, 11) is 0. The molecule has 4 aliphatic carbocycles. The predicted molar refractivity (Wildman–Crippen MR) is 80.7 cm³/mol. The molecule has 2 N–H and O–H groups in total. The van der Waals surface area contributed by atoms with Crippen molar-refractivity contribution in [2.24, 2.45) is 17.8 Å². The lowest BCUT2D eigenvalue weighted by atomic mass is 9.48. The minimum Gasteiger partial charge on any atom is -0.396 e. The molecule has 4 aliphatic rings. The van der Waals surface area contributed by atoms with Gasteiger partial charge in [0.1, 0.15) is 0 Å². The Morgan fingerprint density at radius 2 is 1.32 bits per heavy atom. The fraction of sp³-hybridized carbons (Fsp3) is 0.625. The van der Waals surface area contributed by atoms with Gasteiger partial charge in [-0.3, -0.25) is 0 Å². The maximum Gasteiger partial charge on any atom is 0.0693 e. The van der Waals surface area contributed by atoms with Crippen molar-refractivity contribution in [1.82, 2.24) is 0 Å². The molecule has 102 valence electrons. The number of hydrogen-bond donors (Lipinski definition) is 1. The molecule has 4 bridgehead atoms. The molecule has 0 amide bonds.